The van der Waals surface area contributed by atoms with Gasteiger partial charge in [-0.15, -0.1) is 0 Å². The van der Waals surface area contributed by atoms with E-state index in [2.05, 4.69) is 31.3 Å². The number of rotatable bonds is 43. The lowest BCUT2D eigenvalue weighted by Gasteiger charge is -2.40. The summed E-state index contributed by atoms with van der Waals surface area (Å²) in [6, 6.07) is -0.852. The minimum atomic E-state index is -1.59. The monoisotopic (exact) mass is 894 g/mol. The van der Waals surface area contributed by atoms with Crippen molar-refractivity contribution in [3.05, 3.63) is 36.5 Å². The van der Waals surface area contributed by atoms with E-state index in [-0.39, 0.29) is 24.9 Å². The molecule has 1 rings (SSSR count). The van der Waals surface area contributed by atoms with Gasteiger partial charge in [0.2, 0.25) is 5.91 Å². The Bertz CT molecular complexity index is 1150. The lowest BCUT2D eigenvalue weighted by molar-refractivity contribution is -0.302. The van der Waals surface area contributed by atoms with Gasteiger partial charge >= 0.3 is 5.97 Å². The smallest absolute Gasteiger partial charge is 0.305 e. The molecular formula is C52H95NO10. The summed E-state index contributed by atoms with van der Waals surface area (Å²) >= 11 is 0. The van der Waals surface area contributed by atoms with Gasteiger partial charge in [-0.05, 0) is 51.4 Å². The van der Waals surface area contributed by atoms with Crippen LogP contribution in [0.3, 0.4) is 0 Å². The molecule has 1 amide bonds. The maximum absolute atomic E-state index is 12.9. The fraction of sp³-hybridized carbons (Fsp3) is 0.846. The molecule has 63 heavy (non-hydrogen) atoms. The number of hydrogen-bond donors (Lipinski definition) is 6. The summed E-state index contributed by atoms with van der Waals surface area (Å²) in [5.74, 6) is -0.304. The molecule has 1 heterocycles. The number of allylic oxidation sites excluding steroid dienone is 5. The summed E-state index contributed by atoms with van der Waals surface area (Å²) in [5.41, 5.74) is 0. The summed E-state index contributed by atoms with van der Waals surface area (Å²) in [5, 5.41) is 54.1. The van der Waals surface area contributed by atoms with Gasteiger partial charge in [-0.1, -0.05) is 192 Å². The van der Waals surface area contributed by atoms with E-state index < -0.39 is 49.5 Å². The van der Waals surface area contributed by atoms with Crippen LogP contribution >= 0.6 is 0 Å². The second-order valence-corrected chi connectivity index (χ2v) is 17.9. The molecule has 0 bridgehead atoms. The van der Waals surface area contributed by atoms with Crippen molar-refractivity contribution in [2.24, 2.45) is 0 Å². The Hall–Kier alpha value is -2.12. The Labute approximate surface area is 383 Å². The third-order valence-corrected chi connectivity index (χ3v) is 12.0. The molecule has 1 fully saturated rings. The lowest BCUT2D eigenvalue weighted by atomic mass is 9.99. The number of nitrogens with one attached hydrogen (secondary N) is 1. The quantitative estimate of drug-likeness (QED) is 0.0196. The third kappa shape index (κ3) is 33.1. The van der Waals surface area contributed by atoms with E-state index >= 15 is 0 Å². The zero-order valence-electron chi connectivity index (χ0n) is 40.0. The van der Waals surface area contributed by atoms with Crippen molar-refractivity contribution < 1.29 is 49.3 Å². The van der Waals surface area contributed by atoms with Gasteiger partial charge in [-0.2, -0.15) is 0 Å². The van der Waals surface area contributed by atoms with Gasteiger partial charge < -0.3 is 45.1 Å². The first-order valence-electron chi connectivity index (χ1n) is 25.8. The Kier molecular flexibility index (Phi) is 39.7. The van der Waals surface area contributed by atoms with Crippen molar-refractivity contribution in [1.82, 2.24) is 5.32 Å². The van der Waals surface area contributed by atoms with Crippen molar-refractivity contribution in [3.8, 4) is 0 Å². The maximum atomic E-state index is 12.9. The van der Waals surface area contributed by atoms with E-state index in [1.165, 1.54) is 116 Å². The highest BCUT2D eigenvalue weighted by Gasteiger charge is 2.44. The Morgan fingerprint density at radius 1 is 0.587 bits per heavy atom. The topological polar surface area (TPSA) is 175 Å². The highest BCUT2D eigenvalue weighted by atomic mass is 16.7. The van der Waals surface area contributed by atoms with Gasteiger partial charge in [-0.3, -0.25) is 9.59 Å². The summed E-state index contributed by atoms with van der Waals surface area (Å²) in [4.78, 5) is 24.9. The van der Waals surface area contributed by atoms with E-state index in [0.29, 0.717) is 19.4 Å². The molecule has 1 aliphatic heterocycles. The fourth-order valence-electron chi connectivity index (χ4n) is 7.84. The molecule has 0 spiro atoms. The number of unbranched alkanes of at least 4 members (excludes halogenated alkanes) is 25. The van der Waals surface area contributed by atoms with Crippen molar-refractivity contribution in [2.45, 2.75) is 262 Å². The first kappa shape index (κ1) is 58.9. The molecule has 1 saturated heterocycles. The van der Waals surface area contributed by atoms with E-state index in [0.717, 1.165) is 70.6 Å². The summed E-state index contributed by atoms with van der Waals surface area (Å²) in [6.45, 7) is 4.22. The van der Waals surface area contributed by atoms with E-state index in [4.69, 9.17) is 14.2 Å². The lowest BCUT2D eigenvalue weighted by Crippen LogP contribution is -2.60. The molecule has 11 nitrogen and oxygen atoms in total. The number of carbonyl (C=O) groups excluding carboxylic acids is 2. The van der Waals surface area contributed by atoms with E-state index in [1.807, 2.05) is 18.2 Å². The van der Waals surface area contributed by atoms with Crippen LogP contribution in [0.4, 0.5) is 0 Å². The predicted octanol–water partition coefficient (Wildman–Crippen LogP) is 10.4. The summed E-state index contributed by atoms with van der Waals surface area (Å²) in [7, 11) is 0. The number of esters is 1. The molecule has 6 N–H and O–H groups in total. The number of aliphatic hydroxyl groups excluding tert-OH is 5. The largest absolute Gasteiger partial charge is 0.466 e. The molecule has 7 atom stereocenters. The van der Waals surface area contributed by atoms with E-state index in [9.17, 15) is 35.1 Å². The van der Waals surface area contributed by atoms with Gasteiger partial charge in [-0.25, -0.2) is 0 Å². The van der Waals surface area contributed by atoms with Crippen LogP contribution < -0.4 is 5.32 Å². The van der Waals surface area contributed by atoms with Gasteiger partial charge in [0.15, 0.2) is 6.29 Å². The first-order valence-corrected chi connectivity index (χ1v) is 25.8. The molecule has 0 aromatic heterocycles. The molecule has 11 heteroatoms. The van der Waals surface area contributed by atoms with Gasteiger partial charge in [0.25, 0.3) is 0 Å². The Morgan fingerprint density at radius 2 is 1.08 bits per heavy atom. The molecular weight excluding hydrogens is 799 g/mol. The maximum Gasteiger partial charge on any atom is 0.305 e. The van der Waals surface area contributed by atoms with Crippen LogP contribution in [0.1, 0.15) is 219 Å². The minimum Gasteiger partial charge on any atom is -0.466 e. The molecule has 7 unspecified atom stereocenters. The summed E-state index contributed by atoms with van der Waals surface area (Å²) in [6.07, 6.45) is 39.5. The van der Waals surface area contributed by atoms with Crippen LogP contribution in [0.25, 0.3) is 0 Å². The van der Waals surface area contributed by atoms with E-state index in [1.54, 1.807) is 6.08 Å². The second-order valence-electron chi connectivity index (χ2n) is 17.9. The average molecular weight is 894 g/mol. The fourth-order valence-corrected chi connectivity index (χ4v) is 7.84. The molecule has 0 aromatic carbocycles. The highest BCUT2D eigenvalue weighted by molar-refractivity contribution is 5.76. The zero-order chi connectivity index (χ0) is 46.0. The molecule has 368 valence electrons. The van der Waals surface area contributed by atoms with Gasteiger partial charge in [0, 0.05) is 12.8 Å². The molecule has 0 saturated carbocycles. The number of hydrogen-bond acceptors (Lipinski definition) is 10. The van der Waals surface area contributed by atoms with Crippen LogP contribution in [0.5, 0.6) is 0 Å². The number of carbonyl (C=O) groups is 2. The van der Waals surface area contributed by atoms with Crippen LogP contribution in [0, 0.1) is 0 Å². The number of ether oxygens (including phenoxy) is 3. The summed E-state index contributed by atoms with van der Waals surface area (Å²) < 4.78 is 16.6. The number of aliphatic hydroxyl groups is 5. The van der Waals surface area contributed by atoms with Crippen LogP contribution in [-0.2, 0) is 23.8 Å². The standard InChI is InChI=1S/C52H95NO10/c1-3-5-7-9-11-13-18-22-26-30-34-38-45(55)44(43-62-52-51(60)50(59)49(58)46(42-54)63-52)53-47(56)39-35-31-27-23-20-16-15-17-21-25-29-33-37-41-61-48(57)40-36-32-28-24-19-14-12-10-8-6-4-2/h16,20,27,31,34,38,44-46,49-52,54-55,58-60H,3-15,17-19,21-26,28-30,32-33,35-37,39-43H2,1-2H3,(H,53,56)/b20-16-,31-27-,38-34+. The average Bonchev–Trinajstić information content (AvgIpc) is 3.28. The van der Waals surface area contributed by atoms with Crippen molar-refractivity contribution >= 4 is 11.9 Å². The van der Waals surface area contributed by atoms with Crippen LogP contribution in [-0.4, -0.2) is 100 Å². The highest BCUT2D eigenvalue weighted by Crippen LogP contribution is 2.23. The normalized spacial score (nSPS) is 20.3. The first-order chi connectivity index (χ1) is 30.7. The predicted molar refractivity (Wildman–Crippen MR) is 255 cm³/mol. The Balaban J connectivity index is 2.24. The SMILES string of the molecule is CCCCCCCCCCC/C=C/C(O)C(COC1OC(CO)C(O)C(O)C1O)NC(=O)CC/C=C\C/C=C\CCCCCCCCOC(=O)CCCCCCCCCCCCC. The molecule has 1 aliphatic rings. The number of amides is 1. The third-order valence-electron chi connectivity index (χ3n) is 12.0. The van der Waals surface area contributed by atoms with Crippen molar-refractivity contribution in [2.75, 3.05) is 19.8 Å². The van der Waals surface area contributed by atoms with Crippen molar-refractivity contribution in [1.29, 1.82) is 0 Å². The molecule has 0 radical (unpaired) electrons. The minimum absolute atomic E-state index is 0.0404. The molecule has 0 aromatic rings. The zero-order valence-corrected chi connectivity index (χ0v) is 40.0. The van der Waals surface area contributed by atoms with Crippen molar-refractivity contribution in [3.63, 3.8) is 0 Å². The van der Waals surface area contributed by atoms with Crippen LogP contribution in [0.2, 0.25) is 0 Å². The van der Waals surface area contributed by atoms with Gasteiger partial charge in [0.05, 0.1) is 32.0 Å². The van der Waals surface area contributed by atoms with Crippen LogP contribution in [0.15, 0.2) is 36.5 Å². The Morgan fingerprint density at radius 3 is 1.63 bits per heavy atom. The van der Waals surface area contributed by atoms with Gasteiger partial charge in [0.1, 0.15) is 24.4 Å². The second kappa shape index (κ2) is 42.5. The molecule has 0 aliphatic carbocycles.